The fraction of sp³-hybridized carbons (Fsp3) is 0.300. The van der Waals surface area contributed by atoms with Crippen molar-refractivity contribution in [3.05, 3.63) is 93.5 Å². The van der Waals surface area contributed by atoms with Gasteiger partial charge in [0, 0.05) is 25.8 Å². The Bertz CT molecular complexity index is 1570. The number of rotatable bonds is 11. The van der Waals surface area contributed by atoms with E-state index in [9.17, 15) is 9.59 Å². The molecule has 4 rings (SSSR count). The molecular weight excluding hydrogens is 546 g/mol. The van der Waals surface area contributed by atoms with Crippen molar-refractivity contribution in [1.29, 1.82) is 0 Å². The molecule has 0 spiro atoms. The number of amides is 1. The van der Waals surface area contributed by atoms with Gasteiger partial charge in [0.05, 0.1) is 41.1 Å². The van der Waals surface area contributed by atoms with E-state index in [2.05, 4.69) is 29.9 Å². The summed E-state index contributed by atoms with van der Waals surface area (Å²) >= 11 is 6.39. The van der Waals surface area contributed by atoms with Crippen molar-refractivity contribution >= 4 is 42.2 Å². The lowest BCUT2D eigenvalue weighted by Gasteiger charge is -2.19. The quantitative estimate of drug-likeness (QED) is 0.122. The van der Waals surface area contributed by atoms with E-state index in [1.165, 1.54) is 17.0 Å². The number of hydrogen-bond donors (Lipinski definition) is 1. The number of methoxy groups -OCH3 is 1. The van der Waals surface area contributed by atoms with Crippen molar-refractivity contribution in [2.24, 2.45) is 0 Å². The maximum Gasteiger partial charge on any atom is 0.263 e. The maximum atomic E-state index is 13.7. The first-order chi connectivity index (χ1) is 19.1. The first kappa shape index (κ1) is 29.3. The lowest BCUT2D eigenvalue weighted by molar-refractivity contribution is 0.0221. The summed E-state index contributed by atoms with van der Waals surface area (Å²) in [7, 11) is 0.412. The Morgan fingerprint density at radius 1 is 1.07 bits per heavy atom. The molecule has 1 amide bonds. The number of anilines is 1. The highest BCUT2D eigenvalue weighted by Crippen LogP contribution is 2.29. The molecule has 0 aliphatic carbocycles. The van der Waals surface area contributed by atoms with Crippen LogP contribution < -0.4 is 20.3 Å². The smallest absolute Gasteiger partial charge is 0.263 e. The molecule has 10 heteroatoms. The van der Waals surface area contributed by atoms with E-state index in [1.807, 2.05) is 31.2 Å². The van der Waals surface area contributed by atoms with Crippen LogP contribution in [-0.2, 0) is 4.74 Å². The average molecular weight is 580 g/mol. The van der Waals surface area contributed by atoms with Gasteiger partial charge in [0.1, 0.15) is 11.5 Å². The molecular formula is C30H34ClN3O5Si. The van der Waals surface area contributed by atoms with Gasteiger partial charge < -0.3 is 19.5 Å². The van der Waals surface area contributed by atoms with Gasteiger partial charge in [-0.1, -0.05) is 55.5 Å². The molecule has 1 heterocycles. The van der Waals surface area contributed by atoms with E-state index in [-0.39, 0.29) is 23.4 Å². The summed E-state index contributed by atoms with van der Waals surface area (Å²) in [6, 6.07) is 18.1. The van der Waals surface area contributed by atoms with Crippen LogP contribution in [0.25, 0.3) is 10.9 Å². The zero-order chi connectivity index (χ0) is 28.9. The molecule has 40 heavy (non-hydrogen) atoms. The van der Waals surface area contributed by atoms with E-state index in [0.29, 0.717) is 40.3 Å². The highest BCUT2D eigenvalue weighted by molar-refractivity contribution is 6.76. The molecule has 4 aromatic rings. The lowest BCUT2D eigenvalue weighted by Crippen LogP contribution is -2.26. The molecule has 0 radical (unpaired) electrons. The van der Waals surface area contributed by atoms with Gasteiger partial charge in [0.15, 0.2) is 6.79 Å². The SMILES string of the molecule is COc1ccccc1C(C)n1cnc2cccc(NC(=O)c3ccc(OCOCC[Si](C)(C)C)c(Cl)c3)c2c1=O. The summed E-state index contributed by atoms with van der Waals surface area (Å²) in [5.41, 5.74) is 1.71. The third kappa shape index (κ3) is 6.91. The predicted octanol–water partition coefficient (Wildman–Crippen LogP) is 6.61. The van der Waals surface area contributed by atoms with E-state index < -0.39 is 14.0 Å². The second-order valence-electron chi connectivity index (χ2n) is 10.7. The Labute approximate surface area is 239 Å². The van der Waals surface area contributed by atoms with E-state index in [4.69, 9.17) is 25.8 Å². The summed E-state index contributed by atoms with van der Waals surface area (Å²) in [6.45, 7) is 9.46. The number of nitrogens with one attached hydrogen (secondary N) is 1. The lowest BCUT2D eigenvalue weighted by atomic mass is 10.1. The Morgan fingerprint density at radius 3 is 2.58 bits per heavy atom. The Morgan fingerprint density at radius 2 is 1.85 bits per heavy atom. The van der Waals surface area contributed by atoms with Gasteiger partial charge in [-0.3, -0.25) is 14.2 Å². The molecule has 0 saturated heterocycles. The number of halogens is 1. The van der Waals surface area contributed by atoms with Crippen molar-refractivity contribution < 1.29 is 19.0 Å². The van der Waals surface area contributed by atoms with Crippen LogP contribution in [0.15, 0.2) is 71.8 Å². The van der Waals surface area contributed by atoms with Crippen molar-refractivity contribution in [3.63, 3.8) is 0 Å². The third-order valence-corrected chi connectivity index (χ3v) is 8.55. The largest absolute Gasteiger partial charge is 0.496 e. The number of aromatic nitrogens is 2. The number of fused-ring (bicyclic) bond motifs is 1. The van der Waals surface area contributed by atoms with Crippen LogP contribution in [0, 0.1) is 0 Å². The molecule has 0 bridgehead atoms. The molecule has 8 nitrogen and oxygen atoms in total. The summed E-state index contributed by atoms with van der Waals surface area (Å²) < 4.78 is 18.2. The molecule has 0 saturated carbocycles. The van der Waals surface area contributed by atoms with E-state index in [0.717, 1.165) is 11.6 Å². The minimum Gasteiger partial charge on any atom is -0.496 e. The number of ether oxygens (including phenoxy) is 3. The van der Waals surface area contributed by atoms with Crippen molar-refractivity contribution in [3.8, 4) is 11.5 Å². The first-order valence-corrected chi connectivity index (χ1v) is 17.1. The minimum absolute atomic E-state index is 0.0816. The van der Waals surface area contributed by atoms with Gasteiger partial charge >= 0.3 is 0 Å². The summed E-state index contributed by atoms with van der Waals surface area (Å²) in [5, 5.41) is 3.45. The van der Waals surface area contributed by atoms with Crippen LogP contribution in [0.1, 0.15) is 28.9 Å². The van der Waals surface area contributed by atoms with Crippen LogP contribution in [0.2, 0.25) is 30.7 Å². The molecule has 0 fully saturated rings. The zero-order valence-electron chi connectivity index (χ0n) is 23.4. The molecule has 1 aromatic heterocycles. The van der Waals surface area contributed by atoms with Gasteiger partial charge in [0.2, 0.25) is 0 Å². The van der Waals surface area contributed by atoms with Gasteiger partial charge in [-0.15, -0.1) is 0 Å². The monoisotopic (exact) mass is 579 g/mol. The van der Waals surface area contributed by atoms with Crippen molar-refractivity contribution in [2.45, 2.75) is 38.7 Å². The summed E-state index contributed by atoms with van der Waals surface area (Å²) in [6.07, 6.45) is 1.51. The molecule has 0 aliphatic rings. The van der Waals surface area contributed by atoms with Gasteiger partial charge in [-0.25, -0.2) is 4.98 Å². The standard InChI is InChI=1S/C30H34ClN3O5Si/c1-20(22-9-6-7-12-26(22)37-2)34-18-32-24-10-8-11-25(28(24)30(34)36)33-29(35)21-13-14-27(23(31)17-21)39-19-38-15-16-40(3,4)5/h6-14,17-18,20H,15-16,19H2,1-5H3,(H,33,35). The second-order valence-corrected chi connectivity index (χ2v) is 16.7. The van der Waals surface area contributed by atoms with Crippen LogP contribution in [0.4, 0.5) is 5.69 Å². The van der Waals surface area contributed by atoms with Crippen LogP contribution in [-0.4, -0.2) is 44.0 Å². The highest BCUT2D eigenvalue weighted by atomic mass is 35.5. The minimum atomic E-state index is -1.18. The number of benzene rings is 3. The number of nitrogens with zero attached hydrogens (tertiary/aromatic N) is 2. The van der Waals surface area contributed by atoms with Gasteiger partial charge in [-0.2, -0.15) is 0 Å². The molecule has 3 aromatic carbocycles. The summed E-state index contributed by atoms with van der Waals surface area (Å²) in [5.74, 6) is 0.680. The molecule has 1 atom stereocenters. The molecule has 1 N–H and O–H groups in total. The Hall–Kier alpha value is -3.66. The maximum absolute atomic E-state index is 13.7. The molecule has 210 valence electrons. The Balaban J connectivity index is 1.53. The van der Waals surface area contributed by atoms with Gasteiger partial charge in [0.25, 0.3) is 11.5 Å². The second kappa shape index (κ2) is 12.7. The average Bonchev–Trinajstić information content (AvgIpc) is 2.92. The normalized spacial score (nSPS) is 12.2. The number of carbonyl (C=O) groups excluding carboxylic acids is 1. The van der Waals surface area contributed by atoms with E-state index >= 15 is 0 Å². The number of para-hydroxylation sites is 1. The zero-order valence-corrected chi connectivity index (χ0v) is 25.1. The fourth-order valence-electron chi connectivity index (χ4n) is 4.22. The highest BCUT2D eigenvalue weighted by Gasteiger charge is 2.19. The van der Waals surface area contributed by atoms with E-state index in [1.54, 1.807) is 37.4 Å². The van der Waals surface area contributed by atoms with Crippen LogP contribution in [0.3, 0.4) is 0 Å². The fourth-order valence-corrected chi connectivity index (χ4v) is 5.21. The third-order valence-electron chi connectivity index (χ3n) is 6.55. The topological polar surface area (TPSA) is 91.7 Å². The van der Waals surface area contributed by atoms with Crippen molar-refractivity contribution in [2.75, 3.05) is 25.8 Å². The number of hydrogen-bond acceptors (Lipinski definition) is 6. The van der Waals surface area contributed by atoms with Crippen LogP contribution >= 0.6 is 11.6 Å². The molecule has 0 aliphatic heterocycles. The number of carbonyl (C=O) groups is 1. The Kier molecular flexibility index (Phi) is 9.29. The summed E-state index contributed by atoms with van der Waals surface area (Å²) in [4.78, 5) is 31.3. The van der Waals surface area contributed by atoms with Crippen molar-refractivity contribution in [1.82, 2.24) is 9.55 Å². The van der Waals surface area contributed by atoms with Gasteiger partial charge in [-0.05, 0) is 49.4 Å². The first-order valence-electron chi connectivity index (χ1n) is 13.0. The van der Waals surface area contributed by atoms with Crippen LogP contribution in [0.5, 0.6) is 11.5 Å². The molecule has 1 unspecified atom stereocenters. The predicted molar refractivity (Wildman–Crippen MR) is 162 cm³/mol.